The summed E-state index contributed by atoms with van der Waals surface area (Å²) in [4.78, 5) is 0. The third-order valence-electron chi connectivity index (χ3n) is 1.32. The number of hydrogen-bond donors (Lipinski definition) is 1. The Morgan fingerprint density at radius 1 is 1.22 bits per heavy atom. The minimum absolute atomic E-state index is 1.23. The van der Waals surface area contributed by atoms with Gasteiger partial charge in [0.2, 0.25) is 0 Å². The fourth-order valence-corrected chi connectivity index (χ4v) is 0.769. The first-order valence-corrected chi connectivity index (χ1v) is 2.90. The highest BCUT2D eigenvalue weighted by atomic mass is 15.0. The van der Waals surface area contributed by atoms with Crippen LogP contribution in [0.5, 0.6) is 0 Å². The van der Waals surface area contributed by atoms with Crippen molar-refractivity contribution in [2.45, 2.75) is 0 Å². The summed E-state index contributed by atoms with van der Waals surface area (Å²) in [5.74, 6) is 0. The Balaban J connectivity index is 2.40. The molecule has 43 valence electrons. The van der Waals surface area contributed by atoms with E-state index in [0.29, 0.717) is 0 Å². The second-order valence-corrected chi connectivity index (χ2v) is 1.99. The monoisotopic (exact) mass is 116 g/mol. The van der Waals surface area contributed by atoms with Gasteiger partial charge in [-0.15, -0.1) is 0 Å². The van der Waals surface area contributed by atoms with Crippen LogP contribution >= 0.6 is 0 Å². The average molecular weight is 116 g/mol. The fraction of sp³-hybridized carbons (Fsp3) is 0. The van der Waals surface area contributed by atoms with Crippen LogP contribution < -0.4 is 5.32 Å². The Morgan fingerprint density at radius 2 is 1.89 bits per heavy atom. The standard InChI is InChI=1S/C8H6N/c1-2-4-7(5-3-1)8-6-9-8/h2-6,9H. The highest BCUT2D eigenvalue weighted by Gasteiger charge is 2.06. The van der Waals surface area contributed by atoms with Crippen molar-refractivity contribution in [2.24, 2.45) is 0 Å². The van der Waals surface area contributed by atoms with E-state index in [1.54, 1.807) is 0 Å². The predicted molar refractivity (Wildman–Crippen MR) is 36.4 cm³/mol. The van der Waals surface area contributed by atoms with E-state index in [0.717, 1.165) is 0 Å². The quantitative estimate of drug-likeness (QED) is 0.588. The Kier molecular flexibility index (Phi) is 0.833. The molecule has 9 heavy (non-hydrogen) atoms. The molecule has 0 aliphatic carbocycles. The molecule has 1 radical (unpaired) electrons. The summed E-state index contributed by atoms with van der Waals surface area (Å²) in [5.41, 5.74) is 2.47. The molecule has 0 aromatic heterocycles. The van der Waals surface area contributed by atoms with Gasteiger partial charge in [-0.2, -0.15) is 0 Å². The van der Waals surface area contributed by atoms with E-state index in [1.807, 2.05) is 30.5 Å². The normalized spacial score (nSPS) is 14.0. The van der Waals surface area contributed by atoms with E-state index in [2.05, 4.69) is 11.4 Å². The average Bonchev–Trinajstić information content (AvgIpc) is 2.71. The van der Waals surface area contributed by atoms with E-state index < -0.39 is 0 Å². The van der Waals surface area contributed by atoms with Crippen LogP contribution in [0.4, 0.5) is 0 Å². The third kappa shape index (κ3) is 0.809. The first kappa shape index (κ1) is 4.62. The molecule has 2 rings (SSSR count). The minimum Gasteiger partial charge on any atom is -0.358 e. The fourth-order valence-electron chi connectivity index (χ4n) is 0.769. The summed E-state index contributed by atoms with van der Waals surface area (Å²) in [6.45, 7) is 0. The van der Waals surface area contributed by atoms with Crippen molar-refractivity contribution in [2.75, 3.05) is 0 Å². The molecule has 1 aromatic rings. The van der Waals surface area contributed by atoms with Crippen LogP contribution in [0.15, 0.2) is 30.5 Å². The lowest BCUT2D eigenvalue weighted by atomic mass is 10.2. The number of nitrogens with one attached hydrogen (secondary N) is 1. The van der Waals surface area contributed by atoms with Gasteiger partial charge in [0, 0.05) is 6.20 Å². The van der Waals surface area contributed by atoms with Crippen molar-refractivity contribution in [3.8, 4) is 0 Å². The van der Waals surface area contributed by atoms with Crippen molar-refractivity contribution in [1.82, 2.24) is 5.32 Å². The van der Waals surface area contributed by atoms with Crippen molar-refractivity contribution >= 4 is 5.70 Å². The Hall–Kier alpha value is -1.24. The van der Waals surface area contributed by atoms with Crippen molar-refractivity contribution in [3.63, 3.8) is 0 Å². The molecule has 1 N–H and O–H groups in total. The van der Waals surface area contributed by atoms with Gasteiger partial charge in [0.05, 0.1) is 5.70 Å². The highest BCUT2D eigenvalue weighted by Crippen LogP contribution is 2.16. The van der Waals surface area contributed by atoms with E-state index in [4.69, 9.17) is 0 Å². The highest BCUT2D eigenvalue weighted by molar-refractivity contribution is 5.73. The molecular weight excluding hydrogens is 110 g/mol. The number of benzene rings is 1. The minimum atomic E-state index is 1.23. The molecule has 0 saturated heterocycles. The van der Waals surface area contributed by atoms with Crippen molar-refractivity contribution in [1.29, 1.82) is 0 Å². The lowest BCUT2D eigenvalue weighted by Crippen LogP contribution is -1.78. The maximum absolute atomic E-state index is 3.03. The van der Waals surface area contributed by atoms with E-state index in [9.17, 15) is 0 Å². The van der Waals surface area contributed by atoms with Crippen LogP contribution in [-0.2, 0) is 0 Å². The van der Waals surface area contributed by atoms with Gasteiger partial charge in [-0.1, -0.05) is 24.3 Å². The van der Waals surface area contributed by atoms with E-state index in [1.165, 1.54) is 11.3 Å². The van der Waals surface area contributed by atoms with Crippen LogP contribution in [0.25, 0.3) is 5.70 Å². The molecule has 0 fully saturated rings. The molecule has 1 aliphatic rings. The largest absolute Gasteiger partial charge is 0.358 e. The second-order valence-electron chi connectivity index (χ2n) is 1.99. The van der Waals surface area contributed by atoms with Gasteiger partial charge in [-0.05, 0) is 11.6 Å². The van der Waals surface area contributed by atoms with Crippen LogP contribution in [0.1, 0.15) is 5.56 Å². The van der Waals surface area contributed by atoms with Crippen molar-refractivity contribution in [3.05, 3.63) is 42.1 Å². The molecule has 0 bridgehead atoms. The zero-order chi connectivity index (χ0) is 6.10. The molecule has 0 unspecified atom stereocenters. The maximum atomic E-state index is 3.03. The zero-order valence-electron chi connectivity index (χ0n) is 4.89. The molecule has 0 atom stereocenters. The zero-order valence-corrected chi connectivity index (χ0v) is 4.89. The van der Waals surface area contributed by atoms with Crippen LogP contribution in [0.3, 0.4) is 0 Å². The molecule has 0 spiro atoms. The van der Waals surface area contributed by atoms with Gasteiger partial charge >= 0.3 is 0 Å². The molecule has 1 aliphatic heterocycles. The van der Waals surface area contributed by atoms with E-state index >= 15 is 0 Å². The topological polar surface area (TPSA) is 21.9 Å². The van der Waals surface area contributed by atoms with Crippen LogP contribution in [-0.4, -0.2) is 0 Å². The second kappa shape index (κ2) is 1.62. The number of hydrogen-bond acceptors (Lipinski definition) is 1. The smallest absolute Gasteiger partial charge is 0.0616 e. The Bertz CT molecular complexity index is 236. The van der Waals surface area contributed by atoms with Gasteiger partial charge in [0.25, 0.3) is 0 Å². The molecule has 1 aromatic carbocycles. The number of rotatable bonds is 1. The first-order valence-electron chi connectivity index (χ1n) is 2.90. The first-order chi connectivity index (χ1) is 4.47. The molecule has 0 saturated carbocycles. The van der Waals surface area contributed by atoms with Crippen LogP contribution in [0.2, 0.25) is 0 Å². The summed E-state index contributed by atoms with van der Waals surface area (Å²) in [5, 5.41) is 3.03. The van der Waals surface area contributed by atoms with Crippen molar-refractivity contribution < 1.29 is 0 Å². The van der Waals surface area contributed by atoms with Gasteiger partial charge in [0.15, 0.2) is 0 Å². The lowest BCUT2D eigenvalue weighted by Gasteiger charge is -1.88. The molecule has 0 amide bonds. The summed E-state index contributed by atoms with van der Waals surface area (Å²) >= 11 is 0. The molecule has 1 heteroatoms. The van der Waals surface area contributed by atoms with Gasteiger partial charge in [-0.25, -0.2) is 0 Å². The Morgan fingerprint density at radius 3 is 2.44 bits per heavy atom. The summed E-state index contributed by atoms with van der Waals surface area (Å²) in [6.07, 6.45) is 1.98. The molecule has 1 nitrogen and oxygen atoms in total. The summed E-state index contributed by atoms with van der Waals surface area (Å²) in [6, 6.07) is 10.9. The maximum Gasteiger partial charge on any atom is 0.0616 e. The Labute approximate surface area is 54.0 Å². The van der Waals surface area contributed by atoms with Gasteiger partial charge in [0.1, 0.15) is 0 Å². The predicted octanol–water partition coefficient (Wildman–Crippen LogP) is 1.39. The SMILES string of the molecule is [c]1ccc(C2=CN2)cc1. The molecule has 1 heterocycles. The van der Waals surface area contributed by atoms with Gasteiger partial charge < -0.3 is 5.32 Å². The van der Waals surface area contributed by atoms with Gasteiger partial charge in [-0.3, -0.25) is 0 Å². The summed E-state index contributed by atoms with van der Waals surface area (Å²) < 4.78 is 0. The third-order valence-corrected chi connectivity index (χ3v) is 1.32. The summed E-state index contributed by atoms with van der Waals surface area (Å²) in [7, 11) is 0. The lowest BCUT2D eigenvalue weighted by molar-refractivity contribution is 1.44. The molecular formula is C8H6N. The van der Waals surface area contributed by atoms with Crippen LogP contribution in [0, 0.1) is 6.07 Å². The van der Waals surface area contributed by atoms with E-state index in [-0.39, 0.29) is 0 Å².